The number of hydrogen-bond acceptors (Lipinski definition) is 3. The highest BCUT2D eigenvalue weighted by molar-refractivity contribution is 6.04. The van der Waals surface area contributed by atoms with Crippen LogP contribution in [0.15, 0.2) is 60.7 Å². The summed E-state index contributed by atoms with van der Waals surface area (Å²) in [5.74, 6) is -0.350. The maximum Gasteiger partial charge on any atom is 0.237 e. The molecule has 1 aliphatic rings. The van der Waals surface area contributed by atoms with E-state index in [1.165, 1.54) is 5.69 Å². The van der Waals surface area contributed by atoms with Crippen LogP contribution in [0.25, 0.3) is 0 Å². The summed E-state index contributed by atoms with van der Waals surface area (Å²) < 4.78 is 0. The number of carbonyl (C=O) groups is 2. The number of amides is 2. The molecule has 5 nitrogen and oxygen atoms in total. The van der Waals surface area contributed by atoms with E-state index in [1.807, 2.05) is 60.4 Å². The van der Waals surface area contributed by atoms with E-state index in [9.17, 15) is 9.59 Å². The van der Waals surface area contributed by atoms with Crippen molar-refractivity contribution in [3.05, 3.63) is 66.2 Å². The Morgan fingerprint density at radius 1 is 0.893 bits per heavy atom. The second-order valence-corrected chi connectivity index (χ2v) is 7.85. The van der Waals surface area contributed by atoms with Gasteiger partial charge in [-0.15, -0.1) is 0 Å². The van der Waals surface area contributed by atoms with Crippen molar-refractivity contribution in [2.45, 2.75) is 26.8 Å². The molecule has 3 rings (SSSR count). The van der Waals surface area contributed by atoms with Gasteiger partial charge in [-0.05, 0) is 38.5 Å². The van der Waals surface area contributed by atoms with E-state index in [0.29, 0.717) is 13.1 Å². The maximum absolute atomic E-state index is 13.1. The van der Waals surface area contributed by atoms with E-state index in [2.05, 4.69) is 22.3 Å². The molecule has 1 saturated heterocycles. The molecule has 1 N–H and O–H groups in total. The predicted octanol–water partition coefficient (Wildman–Crippen LogP) is 3.24. The minimum Gasteiger partial charge on any atom is -0.368 e. The third-order valence-electron chi connectivity index (χ3n) is 5.44. The average Bonchev–Trinajstić information content (AvgIpc) is 2.74. The Balaban J connectivity index is 1.59. The average molecular weight is 380 g/mol. The first-order valence-corrected chi connectivity index (χ1v) is 9.85. The van der Waals surface area contributed by atoms with Crippen LogP contribution in [0.3, 0.4) is 0 Å². The lowest BCUT2D eigenvalue weighted by molar-refractivity contribution is -0.149. The van der Waals surface area contributed by atoms with E-state index in [-0.39, 0.29) is 17.9 Å². The van der Waals surface area contributed by atoms with Crippen molar-refractivity contribution in [2.24, 2.45) is 5.41 Å². The maximum atomic E-state index is 13.1. The Labute approximate surface area is 167 Å². The third kappa shape index (κ3) is 4.35. The lowest BCUT2D eigenvalue weighted by Crippen LogP contribution is -2.55. The summed E-state index contributed by atoms with van der Waals surface area (Å²) in [5, 5.41) is 2.99. The first-order chi connectivity index (χ1) is 13.4. The molecule has 0 aromatic heterocycles. The molecule has 2 aromatic rings. The van der Waals surface area contributed by atoms with Crippen LogP contribution >= 0.6 is 0 Å². The van der Waals surface area contributed by atoms with Crippen LogP contribution in [-0.4, -0.2) is 42.9 Å². The first kappa shape index (κ1) is 19.9. The highest BCUT2D eigenvalue weighted by atomic mass is 16.2. The van der Waals surface area contributed by atoms with Crippen LogP contribution in [0.1, 0.15) is 32.4 Å². The Kier molecular flexibility index (Phi) is 6.02. The van der Waals surface area contributed by atoms with E-state index in [0.717, 1.165) is 18.7 Å². The predicted molar refractivity (Wildman–Crippen MR) is 112 cm³/mol. The van der Waals surface area contributed by atoms with Crippen molar-refractivity contribution in [1.82, 2.24) is 10.2 Å². The number of piperazine rings is 1. The molecule has 0 spiro atoms. The number of rotatable bonds is 5. The van der Waals surface area contributed by atoms with Gasteiger partial charge < -0.3 is 15.1 Å². The second kappa shape index (κ2) is 8.46. The normalized spacial score (nSPS) is 15.8. The lowest BCUT2D eigenvalue weighted by Gasteiger charge is -2.39. The minimum absolute atomic E-state index is 0.113. The van der Waals surface area contributed by atoms with Crippen molar-refractivity contribution in [2.75, 3.05) is 31.1 Å². The fourth-order valence-corrected chi connectivity index (χ4v) is 3.50. The van der Waals surface area contributed by atoms with Crippen molar-refractivity contribution < 1.29 is 9.59 Å². The van der Waals surface area contributed by atoms with Gasteiger partial charge in [0.1, 0.15) is 5.41 Å². The van der Waals surface area contributed by atoms with Crippen molar-refractivity contribution >= 4 is 17.5 Å². The molecule has 1 aliphatic heterocycles. The molecule has 5 heteroatoms. The van der Waals surface area contributed by atoms with Gasteiger partial charge in [-0.25, -0.2) is 0 Å². The zero-order valence-electron chi connectivity index (χ0n) is 16.9. The van der Waals surface area contributed by atoms with E-state index >= 15 is 0 Å². The summed E-state index contributed by atoms with van der Waals surface area (Å²) >= 11 is 0. The minimum atomic E-state index is -1.10. The van der Waals surface area contributed by atoms with Gasteiger partial charge >= 0.3 is 0 Å². The van der Waals surface area contributed by atoms with Crippen molar-refractivity contribution in [3.63, 3.8) is 0 Å². The Morgan fingerprint density at radius 3 is 2.00 bits per heavy atom. The van der Waals surface area contributed by atoms with Crippen LogP contribution in [0, 0.1) is 5.41 Å². The lowest BCUT2D eigenvalue weighted by atomic mass is 9.89. The number of carbonyl (C=O) groups excluding carboxylic acids is 2. The highest BCUT2D eigenvalue weighted by Gasteiger charge is 2.40. The summed E-state index contributed by atoms with van der Waals surface area (Å²) in [6, 6.07) is 19.9. The third-order valence-corrected chi connectivity index (χ3v) is 5.44. The summed E-state index contributed by atoms with van der Waals surface area (Å²) in [7, 11) is 0. The summed E-state index contributed by atoms with van der Waals surface area (Å²) in [5.41, 5.74) is 1.09. The molecule has 0 bridgehead atoms. The Hall–Kier alpha value is -2.82. The number of anilines is 1. The van der Waals surface area contributed by atoms with Gasteiger partial charge in [0.2, 0.25) is 11.8 Å². The molecule has 1 atom stereocenters. The number of hydrogen-bond donors (Lipinski definition) is 1. The molecule has 1 heterocycles. The smallest absolute Gasteiger partial charge is 0.237 e. The number of nitrogens with zero attached hydrogens (tertiary/aromatic N) is 2. The van der Waals surface area contributed by atoms with Gasteiger partial charge in [0, 0.05) is 31.9 Å². The van der Waals surface area contributed by atoms with Gasteiger partial charge in [0.25, 0.3) is 0 Å². The molecule has 148 valence electrons. The zero-order chi connectivity index (χ0) is 20.1. The van der Waals surface area contributed by atoms with Gasteiger partial charge in [-0.1, -0.05) is 48.5 Å². The van der Waals surface area contributed by atoms with Crippen LogP contribution < -0.4 is 10.2 Å². The van der Waals surface area contributed by atoms with Crippen molar-refractivity contribution in [3.8, 4) is 0 Å². The summed E-state index contributed by atoms with van der Waals surface area (Å²) in [6.45, 7) is 8.16. The van der Waals surface area contributed by atoms with Gasteiger partial charge in [-0.3, -0.25) is 9.59 Å². The quantitative estimate of drug-likeness (QED) is 0.812. The van der Waals surface area contributed by atoms with Gasteiger partial charge in [0.15, 0.2) is 0 Å². The summed E-state index contributed by atoms with van der Waals surface area (Å²) in [4.78, 5) is 30.0. The highest BCUT2D eigenvalue weighted by Crippen LogP contribution is 2.24. The van der Waals surface area contributed by atoms with E-state index in [1.54, 1.807) is 13.8 Å². The molecule has 0 saturated carbocycles. The Morgan fingerprint density at radius 2 is 1.43 bits per heavy atom. The van der Waals surface area contributed by atoms with Crippen molar-refractivity contribution in [1.29, 1.82) is 0 Å². The number of benzene rings is 2. The molecule has 0 aliphatic carbocycles. The largest absolute Gasteiger partial charge is 0.368 e. The fourth-order valence-electron chi connectivity index (χ4n) is 3.50. The molecular weight excluding hydrogens is 350 g/mol. The van der Waals surface area contributed by atoms with E-state index < -0.39 is 5.41 Å². The first-order valence-electron chi connectivity index (χ1n) is 9.85. The standard InChI is InChI=1S/C23H29N3O2/c1-18(19-10-6-4-7-11-19)24-21(27)23(2,3)22(28)26-16-14-25(15-17-26)20-12-8-5-9-13-20/h4-13,18H,14-17H2,1-3H3,(H,24,27). The topological polar surface area (TPSA) is 52.7 Å². The Bertz CT molecular complexity index is 797. The van der Waals surface area contributed by atoms with Crippen LogP contribution in [0.4, 0.5) is 5.69 Å². The molecule has 2 amide bonds. The van der Waals surface area contributed by atoms with Crippen LogP contribution in [0.2, 0.25) is 0 Å². The van der Waals surface area contributed by atoms with Crippen LogP contribution in [0.5, 0.6) is 0 Å². The molecule has 2 aromatic carbocycles. The summed E-state index contributed by atoms with van der Waals surface area (Å²) in [6.07, 6.45) is 0. The second-order valence-electron chi connectivity index (χ2n) is 7.85. The van der Waals surface area contributed by atoms with Crippen LogP contribution in [-0.2, 0) is 9.59 Å². The van der Waals surface area contributed by atoms with Gasteiger partial charge in [0.05, 0.1) is 6.04 Å². The molecule has 1 fully saturated rings. The molecule has 0 radical (unpaired) electrons. The molecule has 1 unspecified atom stereocenters. The molecule has 28 heavy (non-hydrogen) atoms. The number of para-hydroxylation sites is 1. The zero-order valence-corrected chi connectivity index (χ0v) is 16.9. The molecular formula is C23H29N3O2. The van der Waals surface area contributed by atoms with Gasteiger partial charge in [-0.2, -0.15) is 0 Å². The number of nitrogens with one attached hydrogen (secondary N) is 1. The monoisotopic (exact) mass is 379 g/mol. The van der Waals surface area contributed by atoms with E-state index in [4.69, 9.17) is 0 Å². The fraction of sp³-hybridized carbons (Fsp3) is 0.391. The SMILES string of the molecule is CC(NC(=O)C(C)(C)C(=O)N1CCN(c2ccccc2)CC1)c1ccccc1.